The summed E-state index contributed by atoms with van der Waals surface area (Å²) in [5.74, 6) is -0.976. The topological polar surface area (TPSA) is 123 Å². The van der Waals surface area contributed by atoms with Gasteiger partial charge in [0, 0.05) is 67.2 Å². The van der Waals surface area contributed by atoms with Crippen molar-refractivity contribution in [1.29, 1.82) is 0 Å². The highest BCUT2D eigenvalue weighted by Gasteiger charge is 2.31. The van der Waals surface area contributed by atoms with Crippen LogP contribution in [0.4, 0.5) is 11.4 Å². The van der Waals surface area contributed by atoms with E-state index in [2.05, 4.69) is 33.8 Å². The summed E-state index contributed by atoms with van der Waals surface area (Å²) >= 11 is 0. The van der Waals surface area contributed by atoms with Crippen molar-refractivity contribution >= 4 is 34.1 Å². The highest BCUT2D eigenvalue weighted by molar-refractivity contribution is 6.01. The summed E-state index contributed by atoms with van der Waals surface area (Å²) in [7, 11) is 0. The molecule has 0 bridgehead atoms. The molecule has 8 nitrogen and oxygen atoms in total. The molecule has 0 saturated carbocycles. The molecule has 0 aliphatic carbocycles. The number of nitrogens with one attached hydrogen (secondary N) is 3. The molecule has 0 radical (unpaired) electrons. The van der Waals surface area contributed by atoms with Crippen LogP contribution in [-0.2, 0) is 17.8 Å². The zero-order valence-corrected chi connectivity index (χ0v) is 22.8. The Morgan fingerprint density at radius 2 is 1.93 bits per heavy atom. The molecule has 208 valence electrons. The van der Waals surface area contributed by atoms with Gasteiger partial charge in [-0.3, -0.25) is 9.59 Å². The van der Waals surface area contributed by atoms with Gasteiger partial charge in [-0.15, -0.1) is 0 Å². The average Bonchev–Trinajstić information content (AvgIpc) is 3.60. The van der Waals surface area contributed by atoms with Crippen LogP contribution in [0.2, 0.25) is 0 Å². The number of amides is 2. The molecule has 1 saturated heterocycles. The van der Waals surface area contributed by atoms with Crippen molar-refractivity contribution in [3.05, 3.63) is 95.2 Å². The molecular weight excluding hydrogens is 502 g/mol. The molecule has 0 spiro atoms. The fourth-order valence-corrected chi connectivity index (χ4v) is 5.67. The molecule has 0 unspecified atom stereocenters. The molecule has 40 heavy (non-hydrogen) atoms. The van der Waals surface area contributed by atoms with Crippen molar-refractivity contribution < 1.29 is 14.7 Å². The van der Waals surface area contributed by atoms with Crippen LogP contribution in [0.25, 0.3) is 10.9 Å². The Morgan fingerprint density at radius 3 is 2.65 bits per heavy atom. The van der Waals surface area contributed by atoms with Crippen molar-refractivity contribution in [3.63, 3.8) is 0 Å². The number of H-pyrrole nitrogens is 1. The van der Waals surface area contributed by atoms with Gasteiger partial charge >= 0.3 is 0 Å². The largest absolute Gasteiger partial charge is 0.391 e. The van der Waals surface area contributed by atoms with Crippen molar-refractivity contribution in [2.45, 2.75) is 44.8 Å². The Kier molecular flexibility index (Phi) is 8.48. The first-order valence-electron chi connectivity index (χ1n) is 13.9. The highest BCUT2D eigenvalue weighted by Crippen LogP contribution is 2.38. The summed E-state index contributed by atoms with van der Waals surface area (Å²) in [5, 5.41) is 19.6. The Balaban J connectivity index is 1.47. The monoisotopic (exact) mass is 539 g/mol. The third kappa shape index (κ3) is 6.03. The number of aromatic nitrogens is 1. The van der Waals surface area contributed by atoms with E-state index in [1.807, 2.05) is 55.6 Å². The summed E-state index contributed by atoms with van der Waals surface area (Å²) < 4.78 is 0. The SMILES string of the molecule is CCNc1cc(N2CCCC2=O)cc(C(N)=O)c1[C@H](Cc1ccccc1)[C@@H](O)CNCc1ccc2[nH]ccc2c1. The number of nitrogens with zero attached hydrogens (tertiary/aromatic N) is 1. The normalized spacial score (nSPS) is 14.9. The van der Waals surface area contributed by atoms with Crippen LogP contribution in [0.1, 0.15) is 52.7 Å². The van der Waals surface area contributed by atoms with E-state index >= 15 is 0 Å². The summed E-state index contributed by atoms with van der Waals surface area (Å²) in [6, 6.07) is 21.8. The second-order valence-corrected chi connectivity index (χ2v) is 10.4. The molecule has 2 amide bonds. The molecule has 1 fully saturated rings. The van der Waals surface area contributed by atoms with Gasteiger partial charge in [-0.1, -0.05) is 36.4 Å². The minimum atomic E-state index is -0.814. The zero-order valence-electron chi connectivity index (χ0n) is 22.8. The average molecular weight is 540 g/mol. The van der Waals surface area contributed by atoms with Gasteiger partial charge in [-0.25, -0.2) is 0 Å². The van der Waals surface area contributed by atoms with Crippen LogP contribution in [0.5, 0.6) is 0 Å². The predicted octanol–water partition coefficient (Wildman–Crippen LogP) is 4.30. The zero-order chi connectivity index (χ0) is 28.1. The van der Waals surface area contributed by atoms with E-state index in [-0.39, 0.29) is 5.91 Å². The quantitative estimate of drug-likeness (QED) is 0.184. The number of anilines is 2. The number of fused-ring (bicyclic) bond motifs is 1. The van der Waals surface area contributed by atoms with Crippen LogP contribution < -0.4 is 21.3 Å². The van der Waals surface area contributed by atoms with E-state index in [1.54, 1.807) is 11.0 Å². The predicted molar refractivity (Wildman–Crippen MR) is 160 cm³/mol. The smallest absolute Gasteiger partial charge is 0.249 e. The Morgan fingerprint density at radius 1 is 1.10 bits per heavy atom. The van der Waals surface area contributed by atoms with Gasteiger partial charge in [0.15, 0.2) is 0 Å². The molecule has 5 rings (SSSR count). The lowest BCUT2D eigenvalue weighted by atomic mass is 9.82. The standard InChI is InChI=1S/C32H37N5O3/c1-2-35-28-18-24(37-14-6-9-30(37)39)17-26(32(33)40)31(28)25(16-21-7-4-3-5-8-21)29(38)20-34-19-22-10-11-27-23(15-22)12-13-36-27/h3-5,7-8,10-13,15,17-18,25,29,34-36,38H,2,6,9,14,16,19-20H2,1H3,(H2,33,40)/t25-,29+/m1/s1. The van der Waals surface area contributed by atoms with Gasteiger partial charge in [-0.05, 0) is 72.2 Å². The molecule has 6 N–H and O–H groups in total. The number of carbonyl (C=O) groups excluding carboxylic acids is 2. The molecule has 1 aliphatic rings. The highest BCUT2D eigenvalue weighted by atomic mass is 16.3. The molecule has 2 atom stereocenters. The van der Waals surface area contributed by atoms with E-state index in [9.17, 15) is 14.7 Å². The summed E-state index contributed by atoms with van der Waals surface area (Å²) in [6.07, 6.45) is 2.89. The van der Waals surface area contributed by atoms with Crippen LogP contribution in [0.15, 0.2) is 72.9 Å². The third-order valence-corrected chi connectivity index (χ3v) is 7.62. The third-order valence-electron chi connectivity index (χ3n) is 7.62. The van der Waals surface area contributed by atoms with E-state index in [0.717, 1.165) is 28.5 Å². The first-order chi connectivity index (χ1) is 19.4. The number of aliphatic hydroxyl groups excluding tert-OH is 1. The number of nitrogens with two attached hydrogens (primary N) is 1. The Bertz CT molecular complexity index is 1480. The number of benzene rings is 3. The fourth-order valence-electron chi connectivity index (χ4n) is 5.67. The van der Waals surface area contributed by atoms with Crippen LogP contribution in [0.3, 0.4) is 0 Å². The Labute approximate surface area is 234 Å². The van der Waals surface area contributed by atoms with Gasteiger partial charge in [0.2, 0.25) is 11.8 Å². The van der Waals surface area contributed by atoms with Gasteiger partial charge in [0.1, 0.15) is 0 Å². The lowest BCUT2D eigenvalue weighted by Gasteiger charge is -2.29. The van der Waals surface area contributed by atoms with E-state index < -0.39 is 17.9 Å². The molecule has 3 aromatic carbocycles. The number of primary amides is 1. The molecular formula is C32H37N5O3. The molecule has 8 heteroatoms. The molecule has 1 aromatic heterocycles. The van der Waals surface area contributed by atoms with Crippen molar-refractivity contribution in [3.8, 4) is 0 Å². The van der Waals surface area contributed by atoms with Gasteiger partial charge in [0.05, 0.1) is 6.10 Å². The van der Waals surface area contributed by atoms with E-state index in [0.29, 0.717) is 61.5 Å². The minimum absolute atomic E-state index is 0.0357. The van der Waals surface area contributed by atoms with Crippen molar-refractivity contribution in [2.75, 3.05) is 29.9 Å². The minimum Gasteiger partial charge on any atom is -0.391 e. The second kappa shape index (κ2) is 12.4. The summed E-state index contributed by atoms with van der Waals surface area (Å²) in [4.78, 5) is 30.3. The maximum absolute atomic E-state index is 12.9. The number of rotatable bonds is 12. The number of hydrogen-bond acceptors (Lipinski definition) is 5. The van der Waals surface area contributed by atoms with Gasteiger partial charge < -0.3 is 31.4 Å². The summed E-state index contributed by atoms with van der Waals surface area (Å²) in [5.41, 5.74) is 11.6. The lowest BCUT2D eigenvalue weighted by Crippen LogP contribution is -2.34. The number of carbonyl (C=O) groups is 2. The van der Waals surface area contributed by atoms with Gasteiger partial charge in [0.25, 0.3) is 0 Å². The second-order valence-electron chi connectivity index (χ2n) is 10.4. The van der Waals surface area contributed by atoms with Crippen LogP contribution >= 0.6 is 0 Å². The molecule has 2 heterocycles. The fraction of sp³-hybridized carbons (Fsp3) is 0.312. The first-order valence-corrected chi connectivity index (χ1v) is 13.9. The maximum atomic E-state index is 12.9. The number of hydrogen-bond donors (Lipinski definition) is 5. The Hall–Kier alpha value is -4.14. The van der Waals surface area contributed by atoms with Crippen molar-refractivity contribution in [1.82, 2.24) is 10.3 Å². The lowest BCUT2D eigenvalue weighted by molar-refractivity contribution is -0.117. The van der Waals surface area contributed by atoms with Gasteiger partial charge in [-0.2, -0.15) is 0 Å². The van der Waals surface area contributed by atoms with E-state index in [4.69, 9.17) is 5.73 Å². The first kappa shape index (κ1) is 27.4. The van der Waals surface area contributed by atoms with Crippen molar-refractivity contribution in [2.24, 2.45) is 5.73 Å². The summed E-state index contributed by atoms with van der Waals surface area (Å²) in [6.45, 7) is 4.10. The maximum Gasteiger partial charge on any atom is 0.249 e. The van der Waals surface area contributed by atoms with Crippen LogP contribution in [-0.4, -0.2) is 47.6 Å². The van der Waals surface area contributed by atoms with Crippen LogP contribution in [0, 0.1) is 0 Å². The number of aliphatic hydroxyl groups is 1. The number of aromatic amines is 1. The molecule has 1 aliphatic heterocycles. The van der Waals surface area contributed by atoms with E-state index in [1.165, 1.54) is 0 Å². The molecule has 4 aromatic rings.